The van der Waals surface area contributed by atoms with E-state index in [4.69, 9.17) is 4.74 Å². The molecule has 14 heavy (non-hydrogen) atoms. The lowest BCUT2D eigenvalue weighted by atomic mass is 10.4. The summed E-state index contributed by atoms with van der Waals surface area (Å²) in [6.45, 7) is 2.23. The minimum atomic E-state index is -3.12. The number of ether oxygens (including phenoxy) is 1. The number of hydrogen-bond acceptors (Lipinski definition) is 4. The van der Waals surface area contributed by atoms with Crippen LogP contribution in [-0.2, 0) is 14.8 Å². The molecule has 84 valence electrons. The van der Waals surface area contributed by atoms with E-state index in [1.54, 1.807) is 14.2 Å². The molecule has 1 N–H and O–H groups in total. The van der Waals surface area contributed by atoms with Crippen LogP contribution >= 0.6 is 0 Å². The zero-order chi connectivity index (χ0) is 10.6. The molecular formula is C8H18N2O3S. The highest BCUT2D eigenvalue weighted by Gasteiger charge is 2.31. The summed E-state index contributed by atoms with van der Waals surface area (Å²) < 4.78 is 30.0. The van der Waals surface area contributed by atoms with Crippen molar-refractivity contribution in [3.8, 4) is 0 Å². The third kappa shape index (κ3) is 2.66. The smallest absolute Gasteiger partial charge is 0.218 e. The molecule has 0 aromatic rings. The third-order valence-electron chi connectivity index (χ3n) is 2.48. The van der Waals surface area contributed by atoms with Crippen molar-refractivity contribution in [1.29, 1.82) is 0 Å². The molecule has 1 atom stereocenters. The van der Waals surface area contributed by atoms with Crippen molar-refractivity contribution in [3.05, 3.63) is 0 Å². The molecule has 0 aromatic heterocycles. The zero-order valence-corrected chi connectivity index (χ0v) is 9.51. The van der Waals surface area contributed by atoms with Gasteiger partial charge in [0.1, 0.15) is 0 Å². The normalized spacial score (nSPS) is 23.2. The predicted molar refractivity (Wildman–Crippen MR) is 54.7 cm³/mol. The van der Waals surface area contributed by atoms with E-state index in [2.05, 4.69) is 5.32 Å². The molecule has 1 saturated heterocycles. The third-order valence-corrected chi connectivity index (χ3v) is 4.78. The van der Waals surface area contributed by atoms with E-state index in [0.717, 1.165) is 6.54 Å². The SMILES string of the molecule is COCCN(C)S(=O)(=O)C1CCNC1. The van der Waals surface area contributed by atoms with Crippen molar-refractivity contribution in [2.75, 3.05) is 40.4 Å². The lowest BCUT2D eigenvalue weighted by molar-refractivity contribution is 0.184. The number of sulfonamides is 1. The molecule has 0 amide bonds. The van der Waals surface area contributed by atoms with Crippen molar-refractivity contribution in [1.82, 2.24) is 9.62 Å². The maximum Gasteiger partial charge on any atom is 0.218 e. The van der Waals surface area contributed by atoms with Gasteiger partial charge in [-0.1, -0.05) is 0 Å². The summed E-state index contributed by atoms with van der Waals surface area (Å²) >= 11 is 0. The van der Waals surface area contributed by atoms with Crippen LogP contribution in [0.25, 0.3) is 0 Å². The van der Waals surface area contributed by atoms with Gasteiger partial charge in [0.2, 0.25) is 10.0 Å². The van der Waals surface area contributed by atoms with Gasteiger partial charge in [0.25, 0.3) is 0 Å². The van der Waals surface area contributed by atoms with E-state index in [-0.39, 0.29) is 5.25 Å². The molecule has 5 nitrogen and oxygen atoms in total. The zero-order valence-electron chi connectivity index (χ0n) is 8.69. The largest absolute Gasteiger partial charge is 0.383 e. The lowest BCUT2D eigenvalue weighted by Crippen LogP contribution is -2.38. The van der Waals surface area contributed by atoms with E-state index < -0.39 is 10.0 Å². The molecule has 1 unspecified atom stereocenters. The van der Waals surface area contributed by atoms with Gasteiger partial charge in [-0.2, -0.15) is 0 Å². The topological polar surface area (TPSA) is 58.6 Å². The van der Waals surface area contributed by atoms with Crippen LogP contribution in [0.3, 0.4) is 0 Å². The molecule has 6 heteroatoms. The molecule has 1 rings (SSSR count). The molecule has 1 aliphatic heterocycles. The van der Waals surface area contributed by atoms with Crippen molar-refractivity contribution in [2.24, 2.45) is 0 Å². The van der Waals surface area contributed by atoms with Crippen LogP contribution in [0.5, 0.6) is 0 Å². The first-order valence-electron chi connectivity index (χ1n) is 4.74. The molecule has 0 radical (unpaired) electrons. The number of rotatable bonds is 5. The number of hydrogen-bond donors (Lipinski definition) is 1. The molecule has 1 aliphatic rings. The molecule has 0 aromatic carbocycles. The summed E-state index contributed by atoms with van der Waals surface area (Å²) in [5.41, 5.74) is 0. The number of nitrogens with zero attached hydrogens (tertiary/aromatic N) is 1. The Morgan fingerprint density at radius 2 is 2.29 bits per heavy atom. The fourth-order valence-corrected chi connectivity index (χ4v) is 3.07. The number of methoxy groups -OCH3 is 1. The van der Waals surface area contributed by atoms with Crippen LogP contribution in [0.4, 0.5) is 0 Å². The Balaban J connectivity index is 2.54. The first-order valence-corrected chi connectivity index (χ1v) is 6.24. The fourth-order valence-electron chi connectivity index (χ4n) is 1.48. The quantitative estimate of drug-likeness (QED) is 0.665. The van der Waals surface area contributed by atoms with Gasteiger partial charge in [0.15, 0.2) is 0 Å². The Hall–Kier alpha value is -0.170. The van der Waals surface area contributed by atoms with Gasteiger partial charge in [0.05, 0.1) is 11.9 Å². The van der Waals surface area contributed by atoms with Crippen LogP contribution in [0.2, 0.25) is 0 Å². The van der Waals surface area contributed by atoms with Crippen LogP contribution in [0.1, 0.15) is 6.42 Å². The Morgan fingerprint density at radius 1 is 1.57 bits per heavy atom. The van der Waals surface area contributed by atoms with Crippen molar-refractivity contribution in [2.45, 2.75) is 11.7 Å². The van der Waals surface area contributed by atoms with Crippen LogP contribution in [0, 0.1) is 0 Å². The molecule has 0 saturated carbocycles. The van der Waals surface area contributed by atoms with Gasteiger partial charge in [-0.15, -0.1) is 0 Å². The minimum Gasteiger partial charge on any atom is -0.383 e. The Labute approximate surface area is 85.5 Å². The summed E-state index contributed by atoms with van der Waals surface area (Å²) in [7, 11) is 0.0508. The van der Waals surface area contributed by atoms with Crippen molar-refractivity contribution < 1.29 is 13.2 Å². The summed E-state index contributed by atoms with van der Waals surface area (Å²) in [5, 5.41) is 2.79. The van der Waals surface area contributed by atoms with Gasteiger partial charge in [0, 0.05) is 27.2 Å². The summed E-state index contributed by atoms with van der Waals surface area (Å²) in [4.78, 5) is 0. The van der Waals surface area contributed by atoms with E-state index >= 15 is 0 Å². The van der Waals surface area contributed by atoms with Crippen molar-refractivity contribution >= 4 is 10.0 Å². The Bertz CT molecular complexity index is 260. The molecule has 1 fully saturated rings. The van der Waals surface area contributed by atoms with Gasteiger partial charge >= 0.3 is 0 Å². The van der Waals surface area contributed by atoms with Gasteiger partial charge in [-0.3, -0.25) is 0 Å². The molecule has 0 bridgehead atoms. The van der Waals surface area contributed by atoms with Gasteiger partial charge < -0.3 is 10.1 Å². The number of likely N-dealkylation sites (N-methyl/N-ethyl adjacent to an activating group) is 1. The monoisotopic (exact) mass is 222 g/mol. The minimum absolute atomic E-state index is 0.260. The second-order valence-electron chi connectivity index (χ2n) is 3.47. The molecule has 0 aliphatic carbocycles. The van der Waals surface area contributed by atoms with Gasteiger partial charge in [-0.25, -0.2) is 12.7 Å². The van der Waals surface area contributed by atoms with Crippen molar-refractivity contribution in [3.63, 3.8) is 0 Å². The van der Waals surface area contributed by atoms with E-state index in [9.17, 15) is 8.42 Å². The van der Waals surface area contributed by atoms with Crippen LogP contribution in [0.15, 0.2) is 0 Å². The summed E-state index contributed by atoms with van der Waals surface area (Å²) in [5.74, 6) is 0. The molecule has 1 heterocycles. The lowest BCUT2D eigenvalue weighted by Gasteiger charge is -2.20. The average Bonchev–Trinajstić information content (AvgIpc) is 2.67. The maximum atomic E-state index is 11.9. The highest BCUT2D eigenvalue weighted by molar-refractivity contribution is 7.89. The Kier molecular flexibility index (Phi) is 4.31. The highest BCUT2D eigenvalue weighted by Crippen LogP contribution is 2.13. The maximum absolute atomic E-state index is 11.9. The predicted octanol–water partition coefficient (Wildman–Crippen LogP) is -0.744. The standard InChI is InChI=1S/C8H18N2O3S/c1-10(5-6-13-2)14(11,12)8-3-4-9-7-8/h8-9H,3-7H2,1-2H3. The second kappa shape index (κ2) is 5.06. The molecular weight excluding hydrogens is 204 g/mol. The van der Waals surface area contributed by atoms with E-state index in [0.29, 0.717) is 26.1 Å². The van der Waals surface area contributed by atoms with Crippen LogP contribution < -0.4 is 5.32 Å². The fraction of sp³-hybridized carbons (Fsp3) is 1.00. The van der Waals surface area contributed by atoms with E-state index in [1.165, 1.54) is 4.31 Å². The van der Waals surface area contributed by atoms with Gasteiger partial charge in [-0.05, 0) is 13.0 Å². The molecule has 0 spiro atoms. The highest BCUT2D eigenvalue weighted by atomic mass is 32.2. The first kappa shape index (κ1) is 11.9. The van der Waals surface area contributed by atoms with Crippen LogP contribution in [-0.4, -0.2) is 58.4 Å². The van der Waals surface area contributed by atoms with E-state index in [1.807, 2.05) is 0 Å². The summed E-state index contributed by atoms with van der Waals surface area (Å²) in [6.07, 6.45) is 0.708. The number of nitrogens with one attached hydrogen (secondary N) is 1. The Morgan fingerprint density at radius 3 is 2.79 bits per heavy atom. The summed E-state index contributed by atoms with van der Waals surface area (Å²) in [6, 6.07) is 0. The average molecular weight is 222 g/mol. The second-order valence-corrected chi connectivity index (χ2v) is 5.79. The first-order chi connectivity index (χ1) is 6.59.